The molecule has 2 aliphatic heterocycles. The first-order valence-electron chi connectivity index (χ1n) is 11.7. The summed E-state index contributed by atoms with van der Waals surface area (Å²) in [6.45, 7) is 13.9. The molecular weight excluding hydrogens is 422 g/mol. The van der Waals surface area contributed by atoms with E-state index in [1.54, 1.807) is 6.20 Å². The van der Waals surface area contributed by atoms with Gasteiger partial charge in [-0.25, -0.2) is 9.18 Å². The lowest BCUT2D eigenvalue weighted by Crippen LogP contribution is -2.48. The predicted octanol–water partition coefficient (Wildman–Crippen LogP) is 4.50. The van der Waals surface area contributed by atoms with Gasteiger partial charge in [0, 0.05) is 11.6 Å². The van der Waals surface area contributed by atoms with Crippen LogP contribution in [-0.2, 0) is 27.0 Å². The Balaban J connectivity index is 1.57. The summed E-state index contributed by atoms with van der Waals surface area (Å²) in [6, 6.07) is 3.35. The molecule has 1 amide bonds. The van der Waals surface area contributed by atoms with Crippen LogP contribution in [0.4, 0.5) is 9.18 Å². The molecule has 1 saturated heterocycles. The molecule has 3 aliphatic rings. The summed E-state index contributed by atoms with van der Waals surface area (Å²) in [4.78, 5) is 19.4. The van der Waals surface area contributed by atoms with E-state index in [0.29, 0.717) is 29.3 Å². The van der Waals surface area contributed by atoms with Crippen LogP contribution in [0.25, 0.3) is 10.9 Å². The zero-order chi connectivity index (χ0) is 24.0. The van der Waals surface area contributed by atoms with Crippen LogP contribution >= 0.6 is 0 Å². The van der Waals surface area contributed by atoms with Crippen LogP contribution in [0, 0.1) is 5.82 Å². The van der Waals surface area contributed by atoms with E-state index in [1.807, 2.05) is 59.4 Å². The summed E-state index contributed by atoms with van der Waals surface area (Å²) < 4.78 is 33.3. The zero-order valence-corrected chi connectivity index (χ0v) is 20.5. The number of ether oxygens (including phenoxy) is 1. The van der Waals surface area contributed by atoms with Crippen LogP contribution in [0.1, 0.15) is 72.4 Å². The van der Waals surface area contributed by atoms with Crippen molar-refractivity contribution >= 4 is 29.6 Å². The normalized spacial score (nSPS) is 22.5. The Morgan fingerprint density at radius 2 is 1.79 bits per heavy atom. The molecule has 0 N–H and O–H groups in total. The largest absolute Gasteiger partial charge is 0.494 e. The van der Waals surface area contributed by atoms with Gasteiger partial charge in [-0.15, -0.1) is 0 Å². The Bertz CT molecular complexity index is 1140. The van der Waals surface area contributed by atoms with E-state index in [1.165, 1.54) is 6.07 Å². The molecule has 3 heterocycles. The van der Waals surface area contributed by atoms with Crippen molar-refractivity contribution in [1.82, 2.24) is 9.88 Å². The van der Waals surface area contributed by atoms with E-state index in [-0.39, 0.29) is 11.6 Å². The number of hydrogen-bond donors (Lipinski definition) is 0. The van der Waals surface area contributed by atoms with Gasteiger partial charge in [0.2, 0.25) is 0 Å². The van der Waals surface area contributed by atoms with E-state index in [2.05, 4.69) is 4.98 Å². The van der Waals surface area contributed by atoms with Gasteiger partial charge in [0.25, 0.3) is 0 Å². The van der Waals surface area contributed by atoms with E-state index in [0.717, 1.165) is 24.0 Å². The lowest BCUT2D eigenvalue weighted by molar-refractivity contribution is 0.00578. The van der Waals surface area contributed by atoms with Gasteiger partial charge in [0.05, 0.1) is 23.3 Å². The molecule has 0 atom stereocenters. The zero-order valence-electron chi connectivity index (χ0n) is 20.5. The number of halogens is 1. The molecule has 2 fully saturated rings. The first-order chi connectivity index (χ1) is 15.2. The van der Waals surface area contributed by atoms with Gasteiger partial charge in [-0.1, -0.05) is 6.07 Å². The smallest absolute Gasteiger partial charge is 0.444 e. The standard InChI is InChI=1S/C25H32BFN2O4/c1-22(2,3)31-21(30)29-14-18-15(12-25(29)8-9-25)13-28-20-17(18)10-16(11-19(20)27)26-32-23(4,5)24(6,7)33-26/h10-11,13H,8-9,12,14H2,1-7H3. The lowest BCUT2D eigenvalue weighted by atomic mass is 9.77. The number of carbonyl (C=O) groups is 1. The Kier molecular flexibility index (Phi) is 4.74. The molecule has 6 nitrogen and oxygen atoms in total. The fraction of sp³-hybridized carbons (Fsp3) is 0.600. The summed E-state index contributed by atoms with van der Waals surface area (Å²) in [5.41, 5.74) is 1.04. The number of nitrogens with zero attached hydrogens (tertiary/aromatic N) is 2. The predicted molar refractivity (Wildman–Crippen MR) is 125 cm³/mol. The molecule has 1 aliphatic carbocycles. The van der Waals surface area contributed by atoms with Gasteiger partial charge in [-0.2, -0.15) is 0 Å². The number of benzene rings is 1. The van der Waals surface area contributed by atoms with Crippen LogP contribution < -0.4 is 5.46 Å². The van der Waals surface area contributed by atoms with Gasteiger partial charge in [-0.05, 0) is 90.4 Å². The molecule has 33 heavy (non-hydrogen) atoms. The van der Waals surface area contributed by atoms with Crippen molar-refractivity contribution in [2.75, 3.05) is 0 Å². The molecule has 0 radical (unpaired) electrons. The van der Waals surface area contributed by atoms with Crippen LogP contribution in [0.2, 0.25) is 0 Å². The second-order valence-corrected chi connectivity index (χ2v) is 11.7. The highest BCUT2D eigenvalue weighted by Crippen LogP contribution is 2.50. The van der Waals surface area contributed by atoms with E-state index < -0.39 is 29.7 Å². The number of amides is 1. The van der Waals surface area contributed by atoms with Crippen molar-refractivity contribution in [1.29, 1.82) is 0 Å². The first kappa shape index (κ1) is 22.6. The summed E-state index contributed by atoms with van der Waals surface area (Å²) in [6.07, 6.45) is 4.02. The fourth-order valence-electron chi connectivity index (χ4n) is 4.77. The summed E-state index contributed by atoms with van der Waals surface area (Å²) in [5.74, 6) is -0.421. The molecule has 8 heteroatoms. The van der Waals surface area contributed by atoms with Crippen molar-refractivity contribution in [3.63, 3.8) is 0 Å². The second kappa shape index (κ2) is 6.92. The molecule has 5 rings (SSSR count). The molecule has 1 aromatic heterocycles. The number of carbonyl (C=O) groups excluding carboxylic acids is 1. The maximum Gasteiger partial charge on any atom is 0.494 e. The summed E-state index contributed by atoms with van der Waals surface area (Å²) >= 11 is 0. The van der Waals surface area contributed by atoms with Crippen LogP contribution in [0.3, 0.4) is 0 Å². The van der Waals surface area contributed by atoms with Crippen LogP contribution in [-0.4, -0.2) is 45.4 Å². The third kappa shape index (κ3) is 3.71. The van der Waals surface area contributed by atoms with Crippen LogP contribution in [0.15, 0.2) is 18.3 Å². The van der Waals surface area contributed by atoms with Crippen molar-refractivity contribution < 1.29 is 23.2 Å². The highest BCUT2D eigenvalue weighted by atomic mass is 19.1. The molecule has 0 unspecified atom stereocenters. The first-order valence-corrected chi connectivity index (χ1v) is 11.7. The second-order valence-electron chi connectivity index (χ2n) is 11.7. The Labute approximate surface area is 194 Å². The average Bonchev–Trinajstić information content (AvgIpc) is 3.39. The molecule has 1 aromatic carbocycles. The number of rotatable bonds is 1. The number of fused-ring (bicyclic) bond motifs is 3. The fourth-order valence-corrected chi connectivity index (χ4v) is 4.77. The van der Waals surface area contributed by atoms with Gasteiger partial charge in [0.1, 0.15) is 16.9 Å². The van der Waals surface area contributed by atoms with Crippen molar-refractivity contribution in [3.05, 3.63) is 35.3 Å². The summed E-state index contributed by atoms with van der Waals surface area (Å²) in [5, 5.41) is 0.696. The molecule has 176 valence electrons. The quantitative estimate of drug-likeness (QED) is 0.594. The van der Waals surface area contributed by atoms with Gasteiger partial charge in [0.15, 0.2) is 0 Å². The number of pyridine rings is 1. The minimum Gasteiger partial charge on any atom is -0.444 e. The number of hydrogen-bond acceptors (Lipinski definition) is 5. The van der Waals surface area contributed by atoms with Crippen molar-refractivity contribution in [2.45, 2.75) is 96.6 Å². The van der Waals surface area contributed by atoms with Gasteiger partial charge in [-0.3, -0.25) is 9.88 Å². The third-order valence-corrected chi connectivity index (χ3v) is 7.52. The maximum absolute atomic E-state index is 15.2. The minimum absolute atomic E-state index is 0.216. The summed E-state index contributed by atoms with van der Waals surface area (Å²) in [7, 11) is -0.676. The van der Waals surface area contributed by atoms with Gasteiger partial charge < -0.3 is 14.0 Å². The number of aromatic nitrogens is 1. The monoisotopic (exact) mass is 454 g/mol. The van der Waals surface area contributed by atoms with Crippen molar-refractivity contribution in [2.24, 2.45) is 0 Å². The third-order valence-electron chi connectivity index (χ3n) is 7.52. The Hall–Kier alpha value is -2.19. The average molecular weight is 454 g/mol. The topological polar surface area (TPSA) is 60.9 Å². The van der Waals surface area contributed by atoms with E-state index in [9.17, 15) is 4.79 Å². The molecule has 1 spiro atoms. The lowest BCUT2D eigenvalue weighted by Gasteiger charge is -2.38. The van der Waals surface area contributed by atoms with E-state index in [4.69, 9.17) is 14.0 Å². The van der Waals surface area contributed by atoms with Crippen molar-refractivity contribution in [3.8, 4) is 0 Å². The molecule has 1 saturated carbocycles. The van der Waals surface area contributed by atoms with Crippen LogP contribution in [0.5, 0.6) is 0 Å². The molecule has 0 bridgehead atoms. The molecular formula is C25H32BFN2O4. The highest BCUT2D eigenvalue weighted by Gasteiger charge is 2.54. The van der Waals surface area contributed by atoms with Gasteiger partial charge >= 0.3 is 13.2 Å². The Morgan fingerprint density at radius 1 is 1.15 bits per heavy atom. The molecule has 2 aromatic rings. The highest BCUT2D eigenvalue weighted by molar-refractivity contribution is 6.62. The minimum atomic E-state index is -0.676. The maximum atomic E-state index is 15.2. The SMILES string of the molecule is CC(C)(C)OC(=O)N1Cc2c(cnc3c(F)cc(B4OC(C)(C)C(C)(C)O4)cc23)CC12CC2. The van der Waals surface area contributed by atoms with E-state index >= 15 is 4.39 Å². The Morgan fingerprint density at radius 3 is 2.36 bits per heavy atom.